The fourth-order valence-electron chi connectivity index (χ4n) is 4.89. The number of carboxylic acid groups (broad SMARTS) is 1. The molecule has 0 bridgehead atoms. The quantitative estimate of drug-likeness (QED) is 0.243. The van der Waals surface area contributed by atoms with Gasteiger partial charge in [0.05, 0.1) is 5.75 Å². The van der Waals surface area contributed by atoms with Gasteiger partial charge in [-0.1, -0.05) is 42.5 Å². The third-order valence-electron chi connectivity index (χ3n) is 6.76. The molecule has 0 saturated carbocycles. The van der Waals surface area contributed by atoms with E-state index in [-0.39, 0.29) is 29.8 Å². The van der Waals surface area contributed by atoms with Crippen LogP contribution in [0.1, 0.15) is 0 Å². The van der Waals surface area contributed by atoms with Crippen molar-refractivity contribution in [1.82, 2.24) is 20.4 Å². The zero-order chi connectivity index (χ0) is 28.2. The summed E-state index contributed by atoms with van der Waals surface area (Å²) >= 11 is 2.82. The number of nitrogens with two attached hydrogens (primary N) is 1. The van der Waals surface area contributed by atoms with Crippen LogP contribution in [0.3, 0.4) is 0 Å². The number of carbonyl (C=O) groups is 4. The van der Waals surface area contributed by atoms with E-state index in [1.54, 1.807) is 18.4 Å². The molecule has 1 saturated heterocycles. The molecule has 10 nitrogen and oxygen atoms in total. The predicted molar refractivity (Wildman–Crippen MR) is 155 cm³/mol. The number of amides is 3. The standard InChI is InChI=1S/C28H29N5O5S2/c29-10-11-30-25(35)18-7-4-12-32(13-18)14-19-15-40-27-23(26(36)33(27)24(19)28(37)38)31-22(34)16-39-21-9-3-6-17-5-1-2-8-20(17)21/h1-9,12,23,27H,10-11,13-16,29H2,(H,30,35)(H,31,34)(H,37,38)/t23-,27-/m1/s1. The molecule has 0 aliphatic carbocycles. The Balaban J connectivity index is 1.21. The Morgan fingerprint density at radius 1 is 1.15 bits per heavy atom. The van der Waals surface area contributed by atoms with E-state index < -0.39 is 23.3 Å². The summed E-state index contributed by atoms with van der Waals surface area (Å²) in [7, 11) is 0. The van der Waals surface area contributed by atoms with Gasteiger partial charge in [-0.2, -0.15) is 0 Å². The van der Waals surface area contributed by atoms with Crippen molar-refractivity contribution in [2.75, 3.05) is 37.7 Å². The maximum absolute atomic E-state index is 13.1. The molecule has 40 heavy (non-hydrogen) atoms. The summed E-state index contributed by atoms with van der Waals surface area (Å²) < 4.78 is 0. The van der Waals surface area contributed by atoms with Gasteiger partial charge < -0.3 is 26.4 Å². The minimum Gasteiger partial charge on any atom is -0.477 e. The minimum absolute atomic E-state index is 0.0542. The van der Waals surface area contributed by atoms with Crippen molar-refractivity contribution in [2.45, 2.75) is 16.3 Å². The van der Waals surface area contributed by atoms with Crippen molar-refractivity contribution in [1.29, 1.82) is 0 Å². The third kappa shape index (κ3) is 5.74. The van der Waals surface area contributed by atoms with E-state index in [1.807, 2.05) is 47.4 Å². The lowest BCUT2D eigenvalue weighted by Crippen LogP contribution is -2.70. The molecule has 12 heteroatoms. The largest absolute Gasteiger partial charge is 0.477 e. The normalized spacial score (nSPS) is 20.1. The number of allylic oxidation sites excluding steroid dienone is 2. The summed E-state index contributed by atoms with van der Waals surface area (Å²) in [4.78, 5) is 54.5. The lowest BCUT2D eigenvalue weighted by molar-refractivity contribution is -0.150. The fraction of sp³-hybridized carbons (Fsp3) is 0.286. The second-order valence-electron chi connectivity index (χ2n) is 9.46. The SMILES string of the molecule is NCCNC(=O)C1=CC=CN(CC2=C(C(=O)O)N3C(=O)[C@@H](NC(=O)CSc4cccc5ccccc45)[C@H]3SC2)C1. The summed E-state index contributed by atoms with van der Waals surface area (Å²) in [5.41, 5.74) is 6.52. The highest BCUT2D eigenvalue weighted by Crippen LogP contribution is 2.40. The lowest BCUT2D eigenvalue weighted by atomic mass is 10.0. The second-order valence-corrected chi connectivity index (χ2v) is 11.6. The third-order valence-corrected chi connectivity index (χ3v) is 9.17. The predicted octanol–water partition coefficient (Wildman–Crippen LogP) is 1.50. The van der Waals surface area contributed by atoms with Gasteiger partial charge in [0.15, 0.2) is 0 Å². The number of rotatable bonds is 10. The van der Waals surface area contributed by atoms with Crippen molar-refractivity contribution in [3.63, 3.8) is 0 Å². The zero-order valence-corrected chi connectivity index (χ0v) is 23.2. The highest BCUT2D eigenvalue weighted by molar-refractivity contribution is 8.00. The van der Waals surface area contributed by atoms with Crippen LogP contribution >= 0.6 is 23.5 Å². The first kappa shape index (κ1) is 27.8. The number of carboxylic acids is 1. The van der Waals surface area contributed by atoms with E-state index in [0.717, 1.165) is 15.7 Å². The van der Waals surface area contributed by atoms with Gasteiger partial charge in [-0.15, -0.1) is 23.5 Å². The van der Waals surface area contributed by atoms with Gasteiger partial charge in [0, 0.05) is 42.4 Å². The number of fused-ring (bicyclic) bond motifs is 2. The molecule has 2 aromatic carbocycles. The van der Waals surface area contributed by atoms with Gasteiger partial charge in [-0.05, 0) is 34.7 Å². The van der Waals surface area contributed by atoms with Crippen LogP contribution in [0.25, 0.3) is 10.8 Å². The Hall–Kier alpha value is -3.74. The molecule has 208 valence electrons. The summed E-state index contributed by atoms with van der Waals surface area (Å²) in [5.74, 6) is -1.61. The van der Waals surface area contributed by atoms with Crippen molar-refractivity contribution in [3.8, 4) is 0 Å². The van der Waals surface area contributed by atoms with Gasteiger partial charge >= 0.3 is 5.97 Å². The number of nitrogens with one attached hydrogen (secondary N) is 2. The Labute approximate surface area is 239 Å². The molecule has 0 unspecified atom stereocenters. The summed E-state index contributed by atoms with van der Waals surface area (Å²) in [6.45, 7) is 1.25. The topological polar surface area (TPSA) is 145 Å². The van der Waals surface area contributed by atoms with Crippen molar-refractivity contribution in [3.05, 3.63) is 77.7 Å². The molecule has 0 aromatic heterocycles. The summed E-state index contributed by atoms with van der Waals surface area (Å²) in [6.07, 6.45) is 5.24. The molecule has 0 radical (unpaired) electrons. The monoisotopic (exact) mass is 579 g/mol. The highest BCUT2D eigenvalue weighted by atomic mass is 32.2. The van der Waals surface area contributed by atoms with Crippen molar-refractivity contribution in [2.24, 2.45) is 5.73 Å². The average molecular weight is 580 g/mol. The first-order valence-electron chi connectivity index (χ1n) is 12.8. The molecular formula is C28H29N5O5S2. The Morgan fingerprint density at radius 3 is 2.75 bits per heavy atom. The van der Waals surface area contributed by atoms with Crippen LogP contribution in [0.15, 0.2) is 82.6 Å². The van der Waals surface area contributed by atoms with Crippen LogP contribution in [-0.2, 0) is 19.2 Å². The number of hydrogen-bond acceptors (Lipinski definition) is 8. The summed E-state index contributed by atoms with van der Waals surface area (Å²) in [5, 5.41) is 17.2. The lowest BCUT2D eigenvalue weighted by Gasteiger charge is -2.49. The molecule has 2 aromatic rings. The van der Waals surface area contributed by atoms with Gasteiger partial charge in [-0.3, -0.25) is 19.3 Å². The van der Waals surface area contributed by atoms with Gasteiger partial charge in [-0.25, -0.2) is 4.79 Å². The van der Waals surface area contributed by atoms with Crippen molar-refractivity contribution < 1.29 is 24.3 Å². The maximum atomic E-state index is 13.1. The van der Waals surface area contributed by atoms with Gasteiger partial charge in [0.2, 0.25) is 11.8 Å². The minimum atomic E-state index is -1.19. The molecule has 3 amide bonds. The molecule has 5 rings (SSSR count). The smallest absolute Gasteiger partial charge is 0.352 e. The molecule has 2 atom stereocenters. The van der Waals surface area contributed by atoms with Crippen LogP contribution in [0.5, 0.6) is 0 Å². The summed E-state index contributed by atoms with van der Waals surface area (Å²) in [6, 6.07) is 13.1. The van der Waals surface area contributed by atoms with Crippen molar-refractivity contribution >= 4 is 58.0 Å². The Morgan fingerprint density at radius 2 is 1.95 bits per heavy atom. The number of nitrogens with zero attached hydrogens (tertiary/aromatic N) is 2. The van der Waals surface area contributed by atoms with Crippen LogP contribution < -0.4 is 16.4 Å². The first-order valence-corrected chi connectivity index (χ1v) is 14.8. The van der Waals surface area contributed by atoms with E-state index in [9.17, 15) is 24.3 Å². The Kier molecular flexibility index (Phi) is 8.48. The van der Waals surface area contributed by atoms with Gasteiger partial charge in [0.1, 0.15) is 17.1 Å². The molecule has 3 aliphatic heterocycles. The van der Waals surface area contributed by atoms with E-state index in [4.69, 9.17) is 5.73 Å². The maximum Gasteiger partial charge on any atom is 0.352 e. The van der Waals surface area contributed by atoms with Crippen LogP contribution in [0.2, 0.25) is 0 Å². The number of carbonyl (C=O) groups excluding carboxylic acids is 3. The van der Waals surface area contributed by atoms with Crippen LogP contribution in [0.4, 0.5) is 0 Å². The molecule has 3 heterocycles. The number of benzene rings is 2. The average Bonchev–Trinajstić information content (AvgIpc) is 2.97. The van der Waals surface area contributed by atoms with Crippen LogP contribution in [0, 0.1) is 0 Å². The number of β-lactam (4-membered cyclic amide) rings is 1. The molecule has 1 fully saturated rings. The second kappa shape index (κ2) is 12.2. The molecule has 0 spiro atoms. The van der Waals surface area contributed by atoms with E-state index in [0.29, 0.717) is 36.5 Å². The zero-order valence-electron chi connectivity index (χ0n) is 21.5. The van der Waals surface area contributed by atoms with E-state index >= 15 is 0 Å². The number of thioether (sulfide) groups is 2. The number of hydrogen-bond donors (Lipinski definition) is 4. The van der Waals surface area contributed by atoms with Crippen LogP contribution in [-0.4, -0.2) is 87.7 Å². The molecular weight excluding hydrogens is 550 g/mol. The Bertz CT molecular complexity index is 1450. The fourth-order valence-corrected chi connectivity index (χ4v) is 7.11. The van der Waals surface area contributed by atoms with E-state index in [1.165, 1.54) is 28.4 Å². The highest BCUT2D eigenvalue weighted by Gasteiger charge is 2.54. The first-order chi connectivity index (χ1) is 19.4. The molecule has 3 aliphatic rings. The van der Waals surface area contributed by atoms with E-state index in [2.05, 4.69) is 10.6 Å². The van der Waals surface area contributed by atoms with Gasteiger partial charge in [0.25, 0.3) is 5.91 Å². The molecule has 5 N–H and O–H groups in total. The number of aliphatic carboxylic acids is 1.